The van der Waals surface area contributed by atoms with Crippen LogP contribution in [-0.2, 0) is 6.54 Å². The van der Waals surface area contributed by atoms with Crippen LogP contribution in [0.5, 0.6) is 0 Å². The highest BCUT2D eigenvalue weighted by molar-refractivity contribution is 7.14. The van der Waals surface area contributed by atoms with Gasteiger partial charge in [-0.15, -0.1) is 10.2 Å². The van der Waals surface area contributed by atoms with Gasteiger partial charge in [0.15, 0.2) is 5.01 Å². The van der Waals surface area contributed by atoms with E-state index in [9.17, 15) is 0 Å². The van der Waals surface area contributed by atoms with Crippen molar-refractivity contribution < 1.29 is 4.52 Å². The van der Waals surface area contributed by atoms with E-state index in [-0.39, 0.29) is 0 Å². The van der Waals surface area contributed by atoms with Crippen molar-refractivity contribution >= 4 is 11.3 Å². The van der Waals surface area contributed by atoms with Gasteiger partial charge >= 0.3 is 0 Å². The van der Waals surface area contributed by atoms with Gasteiger partial charge in [-0.3, -0.25) is 0 Å². The molecule has 0 saturated heterocycles. The van der Waals surface area contributed by atoms with Crippen LogP contribution >= 0.6 is 11.3 Å². The summed E-state index contributed by atoms with van der Waals surface area (Å²) in [6.07, 6.45) is 4.26. The SMILES string of the molecule is Cc1oncc1-c1nnc(CNC2CC2)s1. The summed E-state index contributed by atoms with van der Waals surface area (Å²) in [4.78, 5) is 0. The molecule has 5 nitrogen and oxygen atoms in total. The molecule has 2 heterocycles. The zero-order valence-electron chi connectivity index (χ0n) is 8.93. The Morgan fingerprint density at radius 1 is 1.50 bits per heavy atom. The minimum atomic E-state index is 0.699. The molecule has 1 aliphatic carbocycles. The standard InChI is InChI=1S/C10H12N4OS/c1-6-8(4-12-15-6)10-14-13-9(16-10)5-11-7-2-3-7/h4,7,11H,2-3,5H2,1H3. The van der Waals surface area contributed by atoms with Crippen molar-refractivity contribution in [3.8, 4) is 10.6 Å². The van der Waals surface area contributed by atoms with Gasteiger partial charge in [0.05, 0.1) is 11.8 Å². The molecule has 16 heavy (non-hydrogen) atoms. The first-order chi connectivity index (χ1) is 7.83. The van der Waals surface area contributed by atoms with Crippen LogP contribution in [0.25, 0.3) is 10.6 Å². The molecule has 1 N–H and O–H groups in total. The number of hydrogen-bond acceptors (Lipinski definition) is 6. The van der Waals surface area contributed by atoms with Crippen LogP contribution in [0.3, 0.4) is 0 Å². The van der Waals surface area contributed by atoms with Gasteiger partial charge in [-0.05, 0) is 19.8 Å². The number of aryl methyl sites for hydroxylation is 1. The smallest absolute Gasteiger partial charge is 0.153 e. The van der Waals surface area contributed by atoms with Crippen LogP contribution in [0.15, 0.2) is 10.7 Å². The van der Waals surface area contributed by atoms with Crippen LogP contribution in [0.4, 0.5) is 0 Å². The van der Waals surface area contributed by atoms with E-state index in [2.05, 4.69) is 20.7 Å². The molecule has 6 heteroatoms. The molecule has 0 spiro atoms. The molecule has 3 rings (SSSR count). The minimum Gasteiger partial charge on any atom is -0.361 e. The van der Waals surface area contributed by atoms with Crippen molar-refractivity contribution in [2.75, 3.05) is 0 Å². The fourth-order valence-electron chi connectivity index (χ4n) is 1.46. The molecule has 0 aromatic carbocycles. The van der Waals surface area contributed by atoms with Gasteiger partial charge in [0.1, 0.15) is 10.8 Å². The van der Waals surface area contributed by atoms with E-state index in [1.54, 1.807) is 17.5 Å². The molecular formula is C10H12N4OS. The van der Waals surface area contributed by atoms with Crippen molar-refractivity contribution in [1.29, 1.82) is 0 Å². The second kappa shape index (κ2) is 3.95. The highest BCUT2D eigenvalue weighted by atomic mass is 32.1. The average molecular weight is 236 g/mol. The van der Waals surface area contributed by atoms with Crippen molar-refractivity contribution in [1.82, 2.24) is 20.7 Å². The Morgan fingerprint density at radius 3 is 3.06 bits per heavy atom. The van der Waals surface area contributed by atoms with Gasteiger partial charge in [-0.1, -0.05) is 16.5 Å². The number of hydrogen-bond donors (Lipinski definition) is 1. The lowest BCUT2D eigenvalue weighted by molar-refractivity contribution is 0.398. The molecule has 0 amide bonds. The van der Waals surface area contributed by atoms with Gasteiger partial charge in [0, 0.05) is 12.6 Å². The topological polar surface area (TPSA) is 63.8 Å². The lowest BCUT2D eigenvalue weighted by Gasteiger charge is -1.95. The van der Waals surface area contributed by atoms with Gasteiger partial charge in [0.25, 0.3) is 0 Å². The monoisotopic (exact) mass is 236 g/mol. The van der Waals surface area contributed by atoms with Gasteiger partial charge in [-0.2, -0.15) is 0 Å². The Hall–Kier alpha value is -1.27. The molecule has 1 saturated carbocycles. The molecule has 1 fully saturated rings. The molecule has 0 atom stereocenters. The molecule has 84 valence electrons. The van der Waals surface area contributed by atoms with E-state index < -0.39 is 0 Å². The van der Waals surface area contributed by atoms with E-state index in [1.807, 2.05) is 6.92 Å². The number of nitrogens with zero attached hydrogens (tertiary/aromatic N) is 3. The van der Waals surface area contributed by atoms with E-state index in [1.165, 1.54) is 12.8 Å². The number of aromatic nitrogens is 3. The largest absolute Gasteiger partial charge is 0.361 e. The first kappa shape index (κ1) is 9.92. The van der Waals surface area contributed by atoms with Crippen molar-refractivity contribution in [2.24, 2.45) is 0 Å². The fourth-order valence-corrected chi connectivity index (χ4v) is 2.31. The molecule has 2 aromatic rings. The van der Waals surface area contributed by atoms with E-state index >= 15 is 0 Å². The summed E-state index contributed by atoms with van der Waals surface area (Å²) >= 11 is 1.59. The van der Waals surface area contributed by atoms with E-state index in [0.29, 0.717) is 6.04 Å². The average Bonchev–Trinajstić information content (AvgIpc) is 2.82. The summed E-state index contributed by atoms with van der Waals surface area (Å²) in [7, 11) is 0. The first-order valence-corrected chi connectivity index (χ1v) is 6.12. The maximum absolute atomic E-state index is 5.01. The van der Waals surface area contributed by atoms with Crippen LogP contribution in [-0.4, -0.2) is 21.4 Å². The highest BCUT2D eigenvalue weighted by Crippen LogP contribution is 2.26. The van der Waals surface area contributed by atoms with Gasteiger partial charge in [0.2, 0.25) is 0 Å². The van der Waals surface area contributed by atoms with E-state index in [0.717, 1.165) is 27.9 Å². The van der Waals surface area contributed by atoms with Crippen molar-refractivity contribution in [3.05, 3.63) is 17.0 Å². The Kier molecular flexibility index (Phi) is 2.45. The second-order valence-electron chi connectivity index (χ2n) is 3.95. The van der Waals surface area contributed by atoms with Gasteiger partial charge in [-0.25, -0.2) is 0 Å². The maximum atomic E-state index is 5.01. The molecule has 0 bridgehead atoms. The highest BCUT2D eigenvalue weighted by Gasteiger charge is 2.21. The van der Waals surface area contributed by atoms with E-state index in [4.69, 9.17) is 4.52 Å². The quantitative estimate of drug-likeness (QED) is 0.876. The Morgan fingerprint density at radius 2 is 2.38 bits per heavy atom. The van der Waals surface area contributed by atoms with Crippen molar-refractivity contribution in [2.45, 2.75) is 32.4 Å². The van der Waals surface area contributed by atoms with Crippen LogP contribution < -0.4 is 5.32 Å². The van der Waals surface area contributed by atoms with Crippen LogP contribution in [0.1, 0.15) is 23.6 Å². The summed E-state index contributed by atoms with van der Waals surface area (Å²) in [6.45, 7) is 2.69. The summed E-state index contributed by atoms with van der Waals surface area (Å²) in [5.41, 5.74) is 0.940. The summed E-state index contributed by atoms with van der Waals surface area (Å²) < 4.78 is 5.01. The first-order valence-electron chi connectivity index (χ1n) is 5.30. The number of rotatable bonds is 4. The zero-order valence-corrected chi connectivity index (χ0v) is 9.75. The predicted molar refractivity (Wildman–Crippen MR) is 60.0 cm³/mol. The third-order valence-corrected chi connectivity index (χ3v) is 3.52. The lowest BCUT2D eigenvalue weighted by atomic mass is 10.3. The molecule has 2 aromatic heterocycles. The lowest BCUT2D eigenvalue weighted by Crippen LogP contribution is -2.14. The minimum absolute atomic E-state index is 0.699. The van der Waals surface area contributed by atoms with Crippen LogP contribution in [0.2, 0.25) is 0 Å². The zero-order chi connectivity index (χ0) is 11.0. The molecular weight excluding hydrogens is 224 g/mol. The second-order valence-corrected chi connectivity index (χ2v) is 5.01. The van der Waals surface area contributed by atoms with Crippen LogP contribution in [0, 0.1) is 6.92 Å². The molecule has 0 radical (unpaired) electrons. The maximum Gasteiger partial charge on any atom is 0.153 e. The predicted octanol–water partition coefficient (Wildman–Crippen LogP) is 1.75. The summed E-state index contributed by atoms with van der Waals surface area (Å²) in [5.74, 6) is 0.790. The molecule has 1 aliphatic rings. The van der Waals surface area contributed by atoms with Crippen molar-refractivity contribution in [3.63, 3.8) is 0 Å². The molecule has 0 unspecified atom stereocenters. The summed E-state index contributed by atoms with van der Waals surface area (Å²) in [6, 6.07) is 0.699. The Bertz CT molecular complexity index is 488. The summed E-state index contributed by atoms with van der Waals surface area (Å²) in [5, 5.41) is 17.3. The number of nitrogens with one attached hydrogen (secondary N) is 1. The Labute approximate surface area is 96.9 Å². The molecule has 0 aliphatic heterocycles. The van der Waals surface area contributed by atoms with Gasteiger partial charge < -0.3 is 9.84 Å². The fraction of sp³-hybridized carbons (Fsp3) is 0.500. The third kappa shape index (κ3) is 1.98. The normalized spacial score (nSPS) is 15.6. The third-order valence-electron chi connectivity index (χ3n) is 2.57. The Balaban J connectivity index is 1.74.